The Balaban J connectivity index is 1.44. The molecule has 2 unspecified atom stereocenters. The molecule has 2 heteroatoms. The Bertz CT molecular complexity index is 325. The number of hydrogen-bond donors (Lipinski definition) is 1. The molecule has 4 aliphatic carbocycles. The number of rotatable bonds is 6. The van der Waals surface area contributed by atoms with Crippen LogP contribution in [0.4, 0.5) is 0 Å². The molecule has 0 aromatic heterocycles. The van der Waals surface area contributed by atoms with E-state index in [0.717, 1.165) is 36.9 Å². The predicted octanol–water partition coefficient (Wildman–Crippen LogP) is 4.14. The second-order valence-electron chi connectivity index (χ2n) is 8.60. The van der Waals surface area contributed by atoms with Crippen LogP contribution in [0.25, 0.3) is 0 Å². The van der Waals surface area contributed by atoms with Crippen molar-refractivity contribution in [3.05, 3.63) is 0 Å². The minimum atomic E-state index is 0.570. The lowest BCUT2D eigenvalue weighted by atomic mass is 9.47. The van der Waals surface area contributed by atoms with Gasteiger partial charge in [0.25, 0.3) is 0 Å². The Labute approximate surface area is 130 Å². The molecule has 5 fully saturated rings. The summed E-state index contributed by atoms with van der Waals surface area (Å²) in [6.07, 6.45) is 15.1. The summed E-state index contributed by atoms with van der Waals surface area (Å²) in [5, 5.41) is 3.91. The van der Waals surface area contributed by atoms with Crippen LogP contribution in [-0.4, -0.2) is 25.3 Å². The van der Waals surface area contributed by atoms with Crippen LogP contribution in [0, 0.1) is 23.2 Å². The van der Waals surface area contributed by atoms with Gasteiger partial charge in [-0.1, -0.05) is 6.92 Å². The van der Waals surface area contributed by atoms with Crippen molar-refractivity contribution in [3.63, 3.8) is 0 Å². The largest absolute Gasteiger partial charge is 0.378 e. The maximum Gasteiger partial charge on any atom is 0.0576 e. The summed E-state index contributed by atoms with van der Waals surface area (Å²) in [6, 6.07) is 0.764. The van der Waals surface area contributed by atoms with Gasteiger partial charge in [-0.2, -0.15) is 0 Å². The van der Waals surface area contributed by atoms with Crippen LogP contribution in [0.3, 0.4) is 0 Å². The third-order valence-electron chi connectivity index (χ3n) is 7.08. The molecule has 1 heterocycles. The lowest BCUT2D eigenvalue weighted by Gasteiger charge is -2.59. The fraction of sp³-hybridized carbons (Fsp3) is 1.00. The quantitative estimate of drug-likeness (QED) is 0.794. The summed E-state index contributed by atoms with van der Waals surface area (Å²) >= 11 is 0. The average molecular weight is 291 g/mol. The van der Waals surface area contributed by atoms with E-state index < -0.39 is 0 Å². The van der Waals surface area contributed by atoms with Crippen molar-refractivity contribution in [2.75, 3.05) is 13.2 Å². The van der Waals surface area contributed by atoms with Crippen LogP contribution in [0.15, 0.2) is 0 Å². The van der Waals surface area contributed by atoms with E-state index in [2.05, 4.69) is 12.2 Å². The molecule has 1 aliphatic heterocycles. The monoisotopic (exact) mass is 291 g/mol. The molecule has 0 aromatic rings. The van der Waals surface area contributed by atoms with Gasteiger partial charge in [-0.3, -0.25) is 0 Å². The first kappa shape index (κ1) is 14.5. The van der Waals surface area contributed by atoms with E-state index in [1.165, 1.54) is 44.9 Å². The van der Waals surface area contributed by atoms with E-state index >= 15 is 0 Å². The summed E-state index contributed by atoms with van der Waals surface area (Å²) in [5.41, 5.74) is 0.656. The van der Waals surface area contributed by atoms with E-state index in [1.54, 1.807) is 19.3 Å². The van der Waals surface area contributed by atoms with Crippen LogP contribution in [0.5, 0.6) is 0 Å². The van der Waals surface area contributed by atoms with Gasteiger partial charge in [-0.25, -0.2) is 0 Å². The molecule has 1 N–H and O–H groups in total. The Kier molecular flexibility index (Phi) is 4.04. The summed E-state index contributed by atoms with van der Waals surface area (Å²) in [6.45, 7) is 4.44. The molecule has 1 saturated heterocycles. The third kappa shape index (κ3) is 2.79. The molecule has 2 nitrogen and oxygen atoms in total. The van der Waals surface area contributed by atoms with Crippen LogP contribution in [-0.2, 0) is 4.74 Å². The van der Waals surface area contributed by atoms with E-state index in [4.69, 9.17) is 4.74 Å². The van der Waals surface area contributed by atoms with Crippen molar-refractivity contribution < 1.29 is 4.74 Å². The van der Waals surface area contributed by atoms with Crippen molar-refractivity contribution in [1.29, 1.82) is 0 Å². The van der Waals surface area contributed by atoms with Crippen LogP contribution >= 0.6 is 0 Å². The first-order chi connectivity index (χ1) is 10.3. The summed E-state index contributed by atoms with van der Waals surface area (Å²) in [5.74, 6) is 3.21. The third-order valence-corrected chi connectivity index (χ3v) is 7.08. The van der Waals surface area contributed by atoms with Crippen molar-refractivity contribution in [2.45, 2.75) is 83.3 Å². The first-order valence-electron chi connectivity index (χ1n) is 9.62. The van der Waals surface area contributed by atoms with Gasteiger partial charge >= 0.3 is 0 Å². The summed E-state index contributed by atoms with van der Waals surface area (Å²) in [4.78, 5) is 0. The Hall–Kier alpha value is -0.0800. The summed E-state index contributed by atoms with van der Waals surface area (Å²) < 4.78 is 5.87. The zero-order valence-corrected chi connectivity index (χ0v) is 13.8. The van der Waals surface area contributed by atoms with Crippen molar-refractivity contribution >= 4 is 0 Å². The molecule has 120 valence electrons. The van der Waals surface area contributed by atoms with E-state index in [-0.39, 0.29) is 0 Å². The highest BCUT2D eigenvalue weighted by atomic mass is 16.5. The smallest absolute Gasteiger partial charge is 0.0576 e. The second kappa shape index (κ2) is 5.85. The van der Waals surface area contributed by atoms with Gasteiger partial charge in [-0.15, -0.1) is 0 Å². The molecule has 4 saturated carbocycles. The SMILES string of the molecule is CCNC(CCC1CCCO1)C12CC3CC(CC(C3)C1)C2. The van der Waals surface area contributed by atoms with Crippen LogP contribution in [0.1, 0.15) is 71.1 Å². The number of hydrogen-bond acceptors (Lipinski definition) is 2. The van der Waals surface area contributed by atoms with Gasteiger partial charge in [0.05, 0.1) is 6.10 Å². The molecular formula is C19H33NO. The lowest BCUT2D eigenvalue weighted by molar-refractivity contribution is -0.0767. The van der Waals surface area contributed by atoms with Crippen LogP contribution in [0.2, 0.25) is 0 Å². The van der Waals surface area contributed by atoms with Gasteiger partial charge < -0.3 is 10.1 Å². The van der Waals surface area contributed by atoms with Gasteiger partial charge in [-0.05, 0) is 93.9 Å². The minimum absolute atomic E-state index is 0.570. The fourth-order valence-electron chi connectivity index (χ4n) is 6.70. The summed E-state index contributed by atoms with van der Waals surface area (Å²) in [7, 11) is 0. The number of nitrogens with one attached hydrogen (secondary N) is 1. The molecule has 0 amide bonds. The topological polar surface area (TPSA) is 21.3 Å². The maximum absolute atomic E-state index is 5.87. The van der Waals surface area contributed by atoms with E-state index in [9.17, 15) is 0 Å². The van der Waals surface area contributed by atoms with Crippen LogP contribution < -0.4 is 5.32 Å². The molecule has 0 aromatic carbocycles. The normalized spacial score (nSPS) is 46.1. The average Bonchev–Trinajstić information content (AvgIpc) is 2.95. The second-order valence-corrected chi connectivity index (χ2v) is 8.60. The fourth-order valence-corrected chi connectivity index (χ4v) is 6.70. The predicted molar refractivity (Wildman–Crippen MR) is 86.3 cm³/mol. The molecule has 4 bridgehead atoms. The maximum atomic E-state index is 5.87. The highest BCUT2D eigenvalue weighted by molar-refractivity contribution is 5.06. The van der Waals surface area contributed by atoms with Gasteiger partial charge in [0.2, 0.25) is 0 Å². The van der Waals surface area contributed by atoms with Crippen molar-refractivity contribution in [1.82, 2.24) is 5.32 Å². The molecule has 0 radical (unpaired) electrons. The van der Waals surface area contributed by atoms with Crippen molar-refractivity contribution in [2.24, 2.45) is 23.2 Å². The highest BCUT2D eigenvalue weighted by Crippen LogP contribution is 2.61. The molecule has 21 heavy (non-hydrogen) atoms. The Morgan fingerprint density at radius 2 is 1.76 bits per heavy atom. The lowest BCUT2D eigenvalue weighted by Crippen LogP contribution is -2.56. The zero-order valence-electron chi connectivity index (χ0n) is 13.8. The zero-order chi connectivity index (χ0) is 14.3. The highest BCUT2D eigenvalue weighted by Gasteiger charge is 2.53. The molecular weight excluding hydrogens is 258 g/mol. The Morgan fingerprint density at radius 1 is 1.10 bits per heavy atom. The molecule has 5 aliphatic rings. The van der Waals surface area contributed by atoms with E-state index in [1.807, 2.05) is 0 Å². The van der Waals surface area contributed by atoms with E-state index in [0.29, 0.717) is 11.5 Å². The first-order valence-corrected chi connectivity index (χ1v) is 9.62. The molecule has 0 spiro atoms. The Morgan fingerprint density at radius 3 is 2.29 bits per heavy atom. The molecule has 2 atom stereocenters. The van der Waals surface area contributed by atoms with Crippen molar-refractivity contribution in [3.8, 4) is 0 Å². The standard InChI is InChI=1S/C19H33NO/c1-2-20-18(6-5-17-4-3-7-21-17)19-11-14-8-15(12-19)10-16(9-14)13-19/h14-18,20H,2-13H2,1H3. The molecule has 5 rings (SSSR count). The number of ether oxygens (including phenoxy) is 1. The minimum Gasteiger partial charge on any atom is -0.378 e. The van der Waals surface area contributed by atoms with Gasteiger partial charge in [0.15, 0.2) is 0 Å². The van der Waals surface area contributed by atoms with Gasteiger partial charge in [0.1, 0.15) is 0 Å². The van der Waals surface area contributed by atoms with Gasteiger partial charge in [0, 0.05) is 12.6 Å².